The van der Waals surface area contributed by atoms with Gasteiger partial charge in [0.1, 0.15) is 17.2 Å². The van der Waals surface area contributed by atoms with E-state index in [9.17, 15) is 0 Å². The maximum Gasteiger partial charge on any atom is 0.182 e. The van der Waals surface area contributed by atoms with Gasteiger partial charge in [0.25, 0.3) is 0 Å². The summed E-state index contributed by atoms with van der Waals surface area (Å²) in [5, 5.41) is 0.481. The summed E-state index contributed by atoms with van der Waals surface area (Å²) in [7, 11) is 0. The second kappa shape index (κ2) is 3.20. The Morgan fingerprint density at radius 1 is 1.21 bits per heavy atom. The van der Waals surface area contributed by atoms with Gasteiger partial charge in [-0.25, -0.2) is 15.0 Å². The molecule has 74 valence electrons. The first-order valence-corrected chi connectivity index (χ1v) is 4.88. The van der Waals surface area contributed by atoms with E-state index >= 15 is 0 Å². The summed E-state index contributed by atoms with van der Waals surface area (Å²) < 4.78 is 2.01. The van der Waals surface area contributed by atoms with Gasteiger partial charge in [-0.1, -0.05) is 11.6 Å². The predicted molar refractivity (Wildman–Crippen MR) is 55.5 cm³/mol. The number of halogens is 1. The largest absolute Gasteiger partial charge is 0.325 e. The molecule has 0 unspecified atom stereocenters. The lowest BCUT2D eigenvalue weighted by molar-refractivity contribution is 0.752. The molecule has 0 spiro atoms. The molecule has 0 amide bonds. The maximum atomic E-state index is 6.05. The van der Waals surface area contributed by atoms with Gasteiger partial charge in [-0.2, -0.15) is 0 Å². The highest BCUT2D eigenvalue weighted by molar-refractivity contribution is 6.33. The molecule has 2 rings (SSSR count). The zero-order valence-corrected chi connectivity index (χ0v) is 9.13. The van der Waals surface area contributed by atoms with Crippen LogP contribution in [0.15, 0.2) is 0 Å². The molecule has 0 atom stereocenters. The number of nitrogens with zero attached hydrogens (tertiary/aromatic N) is 4. The number of hydrogen-bond acceptors (Lipinski definition) is 3. The highest BCUT2D eigenvalue weighted by Crippen LogP contribution is 2.21. The molecule has 2 heterocycles. The first-order chi connectivity index (χ1) is 6.63. The Balaban J connectivity index is 2.88. The average Bonchev–Trinajstić information content (AvgIpc) is 2.40. The first-order valence-electron chi connectivity index (χ1n) is 4.50. The molecule has 2 aromatic rings. The molecule has 14 heavy (non-hydrogen) atoms. The van der Waals surface area contributed by atoms with Crippen molar-refractivity contribution >= 4 is 22.8 Å². The van der Waals surface area contributed by atoms with Crippen molar-refractivity contribution in [2.24, 2.45) is 0 Å². The Morgan fingerprint density at radius 2 is 1.93 bits per heavy atom. The van der Waals surface area contributed by atoms with Crippen LogP contribution >= 0.6 is 11.6 Å². The van der Waals surface area contributed by atoms with E-state index in [2.05, 4.69) is 15.0 Å². The van der Waals surface area contributed by atoms with Gasteiger partial charge in [-0.05, 0) is 20.8 Å². The zero-order valence-electron chi connectivity index (χ0n) is 8.37. The molecule has 0 bridgehead atoms. The van der Waals surface area contributed by atoms with Crippen LogP contribution in [0.3, 0.4) is 0 Å². The van der Waals surface area contributed by atoms with Gasteiger partial charge in [0.2, 0.25) is 0 Å². The minimum atomic E-state index is 0.481. The van der Waals surface area contributed by atoms with E-state index in [0.29, 0.717) is 16.6 Å². The number of aryl methyl sites for hydroxylation is 3. The van der Waals surface area contributed by atoms with Crippen LogP contribution in [0.1, 0.15) is 18.6 Å². The van der Waals surface area contributed by atoms with Gasteiger partial charge in [-0.3, -0.25) is 0 Å². The normalized spacial score (nSPS) is 11.1. The highest BCUT2D eigenvalue weighted by atomic mass is 35.5. The van der Waals surface area contributed by atoms with Crippen molar-refractivity contribution in [3.05, 3.63) is 16.8 Å². The van der Waals surface area contributed by atoms with Crippen molar-refractivity contribution in [2.75, 3.05) is 0 Å². The summed E-state index contributed by atoms with van der Waals surface area (Å²) in [6.45, 7) is 6.63. The Hall–Kier alpha value is -1.16. The van der Waals surface area contributed by atoms with E-state index in [0.717, 1.165) is 17.9 Å². The van der Waals surface area contributed by atoms with Crippen molar-refractivity contribution in [1.29, 1.82) is 0 Å². The lowest BCUT2D eigenvalue weighted by Crippen LogP contribution is -1.98. The second-order valence-electron chi connectivity index (χ2n) is 3.14. The lowest BCUT2D eigenvalue weighted by Gasteiger charge is -2.02. The summed E-state index contributed by atoms with van der Waals surface area (Å²) in [6.07, 6.45) is 0. The number of hydrogen-bond donors (Lipinski definition) is 0. The lowest BCUT2D eigenvalue weighted by atomic mass is 10.5. The smallest absolute Gasteiger partial charge is 0.182 e. The van der Waals surface area contributed by atoms with Gasteiger partial charge in [0, 0.05) is 6.54 Å². The topological polar surface area (TPSA) is 43.6 Å². The molecule has 0 radical (unpaired) electrons. The minimum Gasteiger partial charge on any atom is -0.325 e. The van der Waals surface area contributed by atoms with Gasteiger partial charge >= 0.3 is 0 Å². The Morgan fingerprint density at radius 3 is 2.57 bits per heavy atom. The zero-order chi connectivity index (χ0) is 10.3. The third-order valence-corrected chi connectivity index (χ3v) is 2.44. The molecule has 0 N–H and O–H groups in total. The summed E-state index contributed by atoms with van der Waals surface area (Å²) in [5.74, 6) is 1.58. The quantitative estimate of drug-likeness (QED) is 0.678. The van der Waals surface area contributed by atoms with Crippen molar-refractivity contribution in [1.82, 2.24) is 19.5 Å². The third-order valence-electron chi connectivity index (χ3n) is 2.18. The molecule has 0 aromatic carbocycles. The van der Waals surface area contributed by atoms with Crippen LogP contribution in [-0.4, -0.2) is 19.5 Å². The van der Waals surface area contributed by atoms with Gasteiger partial charge < -0.3 is 4.57 Å². The van der Waals surface area contributed by atoms with Crippen LogP contribution in [0.4, 0.5) is 0 Å². The van der Waals surface area contributed by atoms with Crippen LogP contribution < -0.4 is 0 Å². The Kier molecular flexibility index (Phi) is 2.15. The van der Waals surface area contributed by atoms with E-state index in [4.69, 9.17) is 11.6 Å². The molecule has 0 saturated heterocycles. The number of fused-ring (bicyclic) bond motifs is 1. The van der Waals surface area contributed by atoms with Crippen LogP contribution in [-0.2, 0) is 6.54 Å². The number of aromatic nitrogens is 4. The van der Waals surface area contributed by atoms with E-state index < -0.39 is 0 Å². The summed E-state index contributed by atoms with van der Waals surface area (Å²) >= 11 is 6.05. The number of rotatable bonds is 1. The highest BCUT2D eigenvalue weighted by Gasteiger charge is 2.12. The molecular weight excluding hydrogens is 200 g/mol. The van der Waals surface area contributed by atoms with Gasteiger partial charge in [-0.15, -0.1) is 0 Å². The summed E-state index contributed by atoms with van der Waals surface area (Å²) in [4.78, 5) is 12.7. The molecule has 2 aromatic heterocycles. The van der Waals surface area contributed by atoms with Crippen LogP contribution in [0, 0.1) is 13.8 Å². The monoisotopic (exact) mass is 210 g/mol. The Labute approximate surface area is 87.0 Å². The fourth-order valence-corrected chi connectivity index (χ4v) is 1.90. The van der Waals surface area contributed by atoms with E-state index in [1.54, 1.807) is 0 Å². The third kappa shape index (κ3) is 1.26. The van der Waals surface area contributed by atoms with Gasteiger partial charge in [0.05, 0.1) is 0 Å². The maximum absolute atomic E-state index is 6.05. The van der Waals surface area contributed by atoms with Crippen LogP contribution in [0.25, 0.3) is 11.2 Å². The number of imidazole rings is 1. The van der Waals surface area contributed by atoms with Crippen LogP contribution in [0.5, 0.6) is 0 Å². The molecular formula is C9H11ClN4. The van der Waals surface area contributed by atoms with E-state index in [-0.39, 0.29) is 0 Å². The molecule has 4 nitrogen and oxygen atoms in total. The van der Waals surface area contributed by atoms with Crippen molar-refractivity contribution in [2.45, 2.75) is 27.3 Å². The first kappa shape index (κ1) is 9.40. The summed E-state index contributed by atoms with van der Waals surface area (Å²) in [6, 6.07) is 0. The van der Waals surface area contributed by atoms with E-state index in [1.807, 2.05) is 25.3 Å². The molecule has 0 fully saturated rings. The fourth-order valence-electron chi connectivity index (χ4n) is 1.59. The minimum absolute atomic E-state index is 0.481. The van der Waals surface area contributed by atoms with Crippen molar-refractivity contribution in [3.63, 3.8) is 0 Å². The Bertz CT molecular complexity index is 489. The molecule has 0 aliphatic carbocycles. The predicted octanol–water partition coefficient (Wildman–Crippen LogP) is 2.12. The molecule has 0 aliphatic heterocycles. The second-order valence-corrected chi connectivity index (χ2v) is 3.50. The molecule has 0 aliphatic rings. The SMILES string of the molecule is CCn1c(C)nc2nc(C)nc(Cl)c21. The van der Waals surface area contributed by atoms with E-state index in [1.165, 1.54) is 0 Å². The average molecular weight is 211 g/mol. The van der Waals surface area contributed by atoms with Crippen LogP contribution in [0.2, 0.25) is 5.15 Å². The summed E-state index contributed by atoms with van der Waals surface area (Å²) in [5.41, 5.74) is 1.51. The van der Waals surface area contributed by atoms with Gasteiger partial charge in [0.15, 0.2) is 10.8 Å². The molecule has 0 saturated carbocycles. The van der Waals surface area contributed by atoms with Crippen molar-refractivity contribution < 1.29 is 0 Å². The van der Waals surface area contributed by atoms with Crippen molar-refractivity contribution in [3.8, 4) is 0 Å². The standard InChI is InChI=1S/C9H11ClN4/c1-4-14-6(3)13-9-7(14)8(10)11-5(2)12-9/h4H2,1-3H3. The molecule has 5 heteroatoms. The fraction of sp³-hybridized carbons (Fsp3) is 0.444.